The zero-order valence-corrected chi connectivity index (χ0v) is 11.4. The van der Waals surface area contributed by atoms with Crippen LogP contribution in [-0.2, 0) is 11.2 Å². The van der Waals surface area contributed by atoms with Crippen molar-refractivity contribution < 1.29 is 23.5 Å². The van der Waals surface area contributed by atoms with Crippen molar-refractivity contribution in [3.05, 3.63) is 71.3 Å². The van der Waals surface area contributed by atoms with Crippen LogP contribution in [0, 0.1) is 11.6 Å². The van der Waals surface area contributed by atoms with Crippen LogP contribution in [-0.4, -0.2) is 23.0 Å². The third kappa shape index (κ3) is 4.12. The molecule has 0 spiro atoms. The van der Waals surface area contributed by atoms with E-state index < -0.39 is 29.6 Å². The second-order valence-corrected chi connectivity index (χ2v) is 4.71. The third-order valence-corrected chi connectivity index (χ3v) is 3.04. The van der Waals surface area contributed by atoms with Gasteiger partial charge in [-0.05, 0) is 35.9 Å². The zero-order chi connectivity index (χ0) is 16.1. The second-order valence-electron chi connectivity index (χ2n) is 4.71. The lowest BCUT2D eigenvalue weighted by atomic mass is 10.1. The van der Waals surface area contributed by atoms with Crippen molar-refractivity contribution >= 4 is 11.9 Å². The molecule has 6 heteroatoms. The Morgan fingerprint density at radius 2 is 1.73 bits per heavy atom. The fourth-order valence-corrected chi connectivity index (χ4v) is 1.93. The van der Waals surface area contributed by atoms with Crippen LogP contribution in [0.3, 0.4) is 0 Å². The quantitative estimate of drug-likeness (QED) is 0.891. The maximum atomic E-state index is 13.1. The first-order valence-corrected chi connectivity index (χ1v) is 6.49. The van der Waals surface area contributed by atoms with Crippen molar-refractivity contribution in [1.82, 2.24) is 5.32 Å². The van der Waals surface area contributed by atoms with Crippen molar-refractivity contribution in [3.63, 3.8) is 0 Å². The maximum absolute atomic E-state index is 13.1. The summed E-state index contributed by atoms with van der Waals surface area (Å²) in [5, 5.41) is 11.5. The predicted molar refractivity (Wildman–Crippen MR) is 75.4 cm³/mol. The minimum absolute atomic E-state index is 0.00330. The van der Waals surface area contributed by atoms with Crippen LogP contribution in [0.15, 0.2) is 48.5 Å². The number of halogens is 2. The Morgan fingerprint density at radius 1 is 1.05 bits per heavy atom. The fourth-order valence-electron chi connectivity index (χ4n) is 1.93. The number of benzene rings is 2. The first kappa shape index (κ1) is 15.6. The van der Waals surface area contributed by atoms with Crippen molar-refractivity contribution in [3.8, 4) is 0 Å². The number of nitrogens with one attached hydrogen (secondary N) is 1. The normalized spacial score (nSPS) is 11.7. The summed E-state index contributed by atoms with van der Waals surface area (Å²) in [7, 11) is 0. The van der Waals surface area contributed by atoms with E-state index in [-0.39, 0.29) is 12.0 Å². The Bertz CT molecular complexity index is 686. The highest BCUT2D eigenvalue weighted by atomic mass is 19.1. The van der Waals surface area contributed by atoms with Gasteiger partial charge in [0.05, 0.1) is 0 Å². The second kappa shape index (κ2) is 6.80. The van der Waals surface area contributed by atoms with Crippen LogP contribution in [0.5, 0.6) is 0 Å². The molecule has 0 saturated carbocycles. The number of hydrogen-bond acceptors (Lipinski definition) is 2. The Labute approximate surface area is 125 Å². The Kier molecular flexibility index (Phi) is 4.83. The van der Waals surface area contributed by atoms with E-state index in [2.05, 4.69) is 5.32 Å². The molecule has 0 bridgehead atoms. The molecule has 2 aromatic rings. The molecule has 2 N–H and O–H groups in total. The van der Waals surface area contributed by atoms with Gasteiger partial charge in [-0.25, -0.2) is 13.6 Å². The van der Waals surface area contributed by atoms with Gasteiger partial charge in [-0.1, -0.05) is 18.2 Å². The summed E-state index contributed by atoms with van der Waals surface area (Å²) >= 11 is 0. The van der Waals surface area contributed by atoms with E-state index in [9.17, 15) is 23.5 Å². The van der Waals surface area contributed by atoms with Gasteiger partial charge in [0.2, 0.25) is 0 Å². The van der Waals surface area contributed by atoms with Crippen LogP contribution in [0.2, 0.25) is 0 Å². The van der Waals surface area contributed by atoms with Crippen molar-refractivity contribution in [2.24, 2.45) is 0 Å². The Hall–Kier alpha value is -2.76. The molecule has 0 aliphatic rings. The van der Waals surface area contributed by atoms with Gasteiger partial charge in [-0.3, -0.25) is 4.79 Å². The number of rotatable bonds is 5. The molecule has 114 valence electrons. The maximum Gasteiger partial charge on any atom is 0.326 e. The fraction of sp³-hybridized carbons (Fsp3) is 0.125. The lowest BCUT2D eigenvalue weighted by Gasteiger charge is -2.14. The number of carbonyl (C=O) groups is 2. The van der Waals surface area contributed by atoms with E-state index in [0.717, 1.165) is 6.07 Å². The number of carboxylic acid groups (broad SMARTS) is 1. The molecule has 2 aromatic carbocycles. The van der Waals surface area contributed by atoms with Crippen LogP contribution in [0.4, 0.5) is 8.78 Å². The molecule has 0 unspecified atom stereocenters. The molecular formula is C16H13F2NO3. The molecule has 2 rings (SSSR count). The van der Waals surface area contributed by atoms with Gasteiger partial charge in [-0.15, -0.1) is 0 Å². The summed E-state index contributed by atoms with van der Waals surface area (Å²) in [5.74, 6) is -2.93. The molecule has 0 radical (unpaired) electrons. The highest BCUT2D eigenvalue weighted by Gasteiger charge is 2.21. The van der Waals surface area contributed by atoms with Crippen LogP contribution in [0.1, 0.15) is 15.9 Å². The topological polar surface area (TPSA) is 66.4 Å². The van der Waals surface area contributed by atoms with E-state index in [4.69, 9.17) is 0 Å². The van der Waals surface area contributed by atoms with Gasteiger partial charge in [0, 0.05) is 12.0 Å². The van der Waals surface area contributed by atoms with Crippen LogP contribution in [0.25, 0.3) is 0 Å². The molecule has 0 saturated heterocycles. The molecule has 1 atom stereocenters. The molecule has 22 heavy (non-hydrogen) atoms. The number of hydrogen-bond donors (Lipinski definition) is 2. The minimum Gasteiger partial charge on any atom is -0.480 e. The first-order valence-electron chi connectivity index (χ1n) is 6.49. The van der Waals surface area contributed by atoms with Gasteiger partial charge < -0.3 is 10.4 Å². The van der Waals surface area contributed by atoms with Gasteiger partial charge in [0.1, 0.15) is 17.7 Å². The molecular weight excluding hydrogens is 292 g/mol. The number of carbonyl (C=O) groups excluding carboxylic acids is 1. The van der Waals surface area contributed by atoms with E-state index in [1.807, 2.05) is 0 Å². The standard InChI is InChI=1S/C16H13F2NO3/c17-12-6-4-10(5-7-12)8-14(16(21)22)19-15(20)11-2-1-3-13(18)9-11/h1-7,9,14H,8H2,(H,19,20)(H,21,22)/t14-/m1/s1. The predicted octanol–water partition coefficient (Wildman–Crippen LogP) is 2.39. The van der Waals surface area contributed by atoms with Gasteiger partial charge in [-0.2, -0.15) is 0 Å². The molecule has 0 aromatic heterocycles. The van der Waals surface area contributed by atoms with Crippen molar-refractivity contribution in [2.75, 3.05) is 0 Å². The average Bonchev–Trinajstić information content (AvgIpc) is 2.48. The first-order chi connectivity index (χ1) is 10.5. The Morgan fingerprint density at radius 3 is 2.32 bits per heavy atom. The van der Waals surface area contributed by atoms with Crippen LogP contribution < -0.4 is 5.32 Å². The Balaban J connectivity index is 2.10. The summed E-state index contributed by atoms with van der Waals surface area (Å²) < 4.78 is 25.9. The summed E-state index contributed by atoms with van der Waals surface area (Å²) in [6.07, 6.45) is -0.00330. The molecule has 0 aliphatic carbocycles. The van der Waals surface area contributed by atoms with E-state index >= 15 is 0 Å². The highest BCUT2D eigenvalue weighted by Crippen LogP contribution is 2.08. The lowest BCUT2D eigenvalue weighted by Crippen LogP contribution is -2.42. The summed E-state index contributed by atoms with van der Waals surface area (Å²) in [4.78, 5) is 23.2. The van der Waals surface area contributed by atoms with E-state index in [1.54, 1.807) is 0 Å². The third-order valence-electron chi connectivity index (χ3n) is 3.04. The van der Waals surface area contributed by atoms with Crippen molar-refractivity contribution in [2.45, 2.75) is 12.5 Å². The molecule has 0 heterocycles. The molecule has 0 fully saturated rings. The van der Waals surface area contributed by atoms with Crippen molar-refractivity contribution in [1.29, 1.82) is 0 Å². The smallest absolute Gasteiger partial charge is 0.326 e. The monoisotopic (exact) mass is 305 g/mol. The SMILES string of the molecule is O=C(N[C@H](Cc1ccc(F)cc1)C(=O)O)c1cccc(F)c1. The van der Waals surface area contributed by atoms with Gasteiger partial charge in [0.25, 0.3) is 5.91 Å². The zero-order valence-electron chi connectivity index (χ0n) is 11.4. The average molecular weight is 305 g/mol. The van der Waals surface area contributed by atoms with Gasteiger partial charge in [0.15, 0.2) is 0 Å². The number of amides is 1. The highest BCUT2D eigenvalue weighted by molar-refractivity contribution is 5.96. The van der Waals surface area contributed by atoms with E-state index in [1.165, 1.54) is 42.5 Å². The van der Waals surface area contributed by atoms with E-state index in [0.29, 0.717) is 5.56 Å². The summed E-state index contributed by atoms with van der Waals surface area (Å²) in [6, 6.07) is 9.07. The minimum atomic E-state index is -1.23. The lowest BCUT2D eigenvalue weighted by molar-refractivity contribution is -0.139. The number of carboxylic acids is 1. The summed E-state index contributed by atoms with van der Waals surface area (Å²) in [6.45, 7) is 0. The largest absolute Gasteiger partial charge is 0.480 e. The number of aliphatic carboxylic acids is 1. The molecule has 1 amide bonds. The van der Waals surface area contributed by atoms with Gasteiger partial charge >= 0.3 is 5.97 Å². The molecule has 0 aliphatic heterocycles. The van der Waals surface area contributed by atoms with Crippen LogP contribution >= 0.6 is 0 Å². The molecule has 4 nitrogen and oxygen atoms in total. The summed E-state index contributed by atoms with van der Waals surface area (Å²) in [5.41, 5.74) is 0.596.